The van der Waals surface area contributed by atoms with Gasteiger partial charge in [0.15, 0.2) is 0 Å². The third-order valence-corrected chi connectivity index (χ3v) is 3.89. The first kappa shape index (κ1) is 9.49. The van der Waals surface area contributed by atoms with Crippen LogP contribution < -0.4 is 11.5 Å². The minimum Gasteiger partial charge on any atom is -0.387 e. The van der Waals surface area contributed by atoms with Crippen LogP contribution in [0, 0.1) is 34.5 Å². The van der Waals surface area contributed by atoms with Crippen LogP contribution in [0.25, 0.3) is 0 Å². The Balaban J connectivity index is 2.13. The highest BCUT2D eigenvalue weighted by Crippen LogP contribution is 2.50. The molecule has 2 aliphatic rings. The second-order valence-electron chi connectivity index (χ2n) is 4.73. The molecule has 0 aromatic heterocycles. The van der Waals surface area contributed by atoms with E-state index < -0.39 is 0 Å². The number of hydrogen-bond acceptors (Lipinski definition) is 2. The Morgan fingerprint density at radius 3 is 2.07 bits per heavy atom. The molecule has 0 aliphatic heterocycles. The standard InChI is InChI=1S/C10H18N4/c11-9(12)8(10(13)14)7-4-5-1-2-6(7)3-5/h5-8H,1-4H2,(H3,11,12)(H3,13,14). The summed E-state index contributed by atoms with van der Waals surface area (Å²) in [4.78, 5) is 0. The molecular formula is C10H18N4. The van der Waals surface area contributed by atoms with E-state index in [9.17, 15) is 0 Å². The SMILES string of the molecule is N=C(N)C(C(=N)N)C1CC2CCC1C2. The monoisotopic (exact) mass is 194 g/mol. The second-order valence-corrected chi connectivity index (χ2v) is 4.73. The molecule has 0 aromatic rings. The van der Waals surface area contributed by atoms with E-state index in [-0.39, 0.29) is 17.6 Å². The van der Waals surface area contributed by atoms with Crippen LogP contribution in [0.2, 0.25) is 0 Å². The Morgan fingerprint density at radius 1 is 1.07 bits per heavy atom. The lowest BCUT2D eigenvalue weighted by Crippen LogP contribution is -2.41. The van der Waals surface area contributed by atoms with Crippen molar-refractivity contribution in [3.05, 3.63) is 0 Å². The molecule has 2 bridgehead atoms. The Kier molecular flexibility index (Phi) is 2.21. The van der Waals surface area contributed by atoms with E-state index in [2.05, 4.69) is 0 Å². The van der Waals surface area contributed by atoms with Crippen molar-refractivity contribution in [2.75, 3.05) is 0 Å². The lowest BCUT2D eigenvalue weighted by atomic mass is 9.78. The summed E-state index contributed by atoms with van der Waals surface area (Å²) in [7, 11) is 0. The molecule has 4 nitrogen and oxygen atoms in total. The largest absolute Gasteiger partial charge is 0.387 e. The molecule has 0 heterocycles. The second kappa shape index (κ2) is 3.26. The molecule has 2 aliphatic carbocycles. The van der Waals surface area contributed by atoms with Crippen molar-refractivity contribution in [2.45, 2.75) is 25.7 Å². The number of amidine groups is 2. The van der Waals surface area contributed by atoms with E-state index in [1.807, 2.05) is 0 Å². The molecular weight excluding hydrogens is 176 g/mol. The molecule has 0 radical (unpaired) electrons. The van der Waals surface area contributed by atoms with Gasteiger partial charge >= 0.3 is 0 Å². The zero-order valence-corrected chi connectivity index (χ0v) is 8.29. The minimum absolute atomic E-state index is 0.0788. The van der Waals surface area contributed by atoms with Gasteiger partial charge in [-0.1, -0.05) is 6.42 Å². The van der Waals surface area contributed by atoms with Crippen LogP contribution in [0.5, 0.6) is 0 Å². The topological polar surface area (TPSA) is 99.7 Å². The quantitative estimate of drug-likeness (QED) is 0.396. The highest BCUT2D eigenvalue weighted by Gasteiger charge is 2.44. The predicted molar refractivity (Wildman–Crippen MR) is 56.3 cm³/mol. The summed E-state index contributed by atoms with van der Waals surface area (Å²) in [6.45, 7) is 0. The van der Waals surface area contributed by atoms with E-state index in [4.69, 9.17) is 22.3 Å². The van der Waals surface area contributed by atoms with E-state index in [0.717, 1.165) is 12.3 Å². The zero-order chi connectivity index (χ0) is 10.3. The number of rotatable bonds is 3. The molecule has 6 N–H and O–H groups in total. The van der Waals surface area contributed by atoms with Crippen LogP contribution in [0.15, 0.2) is 0 Å². The third-order valence-electron chi connectivity index (χ3n) is 3.89. The summed E-state index contributed by atoms with van der Waals surface area (Å²) in [6.07, 6.45) is 4.95. The fourth-order valence-electron chi connectivity index (χ4n) is 3.33. The summed E-state index contributed by atoms with van der Waals surface area (Å²) in [5.41, 5.74) is 11.0. The Morgan fingerprint density at radius 2 is 1.71 bits per heavy atom. The first-order valence-corrected chi connectivity index (χ1v) is 5.27. The van der Waals surface area contributed by atoms with Gasteiger partial charge < -0.3 is 11.5 Å². The Bertz CT molecular complexity index is 259. The van der Waals surface area contributed by atoms with Crippen molar-refractivity contribution in [3.8, 4) is 0 Å². The Hall–Kier alpha value is -1.06. The van der Waals surface area contributed by atoms with Gasteiger partial charge in [0.05, 0.1) is 5.92 Å². The summed E-state index contributed by atoms with van der Waals surface area (Å²) in [5.74, 6) is 1.73. The van der Waals surface area contributed by atoms with Crippen LogP contribution >= 0.6 is 0 Å². The average molecular weight is 194 g/mol. The molecule has 0 spiro atoms. The van der Waals surface area contributed by atoms with Crippen molar-refractivity contribution < 1.29 is 0 Å². The zero-order valence-electron chi connectivity index (χ0n) is 8.29. The van der Waals surface area contributed by atoms with Gasteiger partial charge in [-0.15, -0.1) is 0 Å². The molecule has 2 saturated carbocycles. The van der Waals surface area contributed by atoms with Gasteiger partial charge in [-0.25, -0.2) is 0 Å². The third kappa shape index (κ3) is 1.38. The number of hydrogen-bond donors (Lipinski definition) is 4. The molecule has 14 heavy (non-hydrogen) atoms. The fourth-order valence-corrected chi connectivity index (χ4v) is 3.33. The van der Waals surface area contributed by atoms with E-state index in [0.29, 0.717) is 11.8 Å². The first-order valence-electron chi connectivity index (χ1n) is 5.27. The molecule has 2 rings (SSSR count). The van der Waals surface area contributed by atoms with Gasteiger partial charge in [-0.05, 0) is 37.0 Å². The van der Waals surface area contributed by atoms with Crippen molar-refractivity contribution >= 4 is 11.7 Å². The van der Waals surface area contributed by atoms with E-state index in [1.165, 1.54) is 19.3 Å². The Labute approximate surface area is 84.1 Å². The fraction of sp³-hybridized carbons (Fsp3) is 0.800. The summed E-state index contributed by atoms with van der Waals surface area (Å²) >= 11 is 0. The summed E-state index contributed by atoms with van der Waals surface area (Å²) in [5, 5.41) is 15.0. The maximum absolute atomic E-state index is 7.48. The molecule has 4 heteroatoms. The van der Waals surface area contributed by atoms with Gasteiger partial charge in [0.25, 0.3) is 0 Å². The van der Waals surface area contributed by atoms with Gasteiger partial charge in [0, 0.05) is 0 Å². The van der Waals surface area contributed by atoms with Gasteiger partial charge in [-0.2, -0.15) is 0 Å². The summed E-state index contributed by atoms with van der Waals surface area (Å²) < 4.78 is 0. The average Bonchev–Trinajstić information content (AvgIpc) is 2.63. The van der Waals surface area contributed by atoms with Crippen LogP contribution in [-0.4, -0.2) is 11.7 Å². The van der Waals surface area contributed by atoms with Gasteiger partial charge in [0.2, 0.25) is 0 Å². The van der Waals surface area contributed by atoms with Crippen molar-refractivity contribution in [3.63, 3.8) is 0 Å². The van der Waals surface area contributed by atoms with Crippen LogP contribution in [0.1, 0.15) is 25.7 Å². The normalized spacial score (nSPS) is 37.0. The highest BCUT2D eigenvalue weighted by molar-refractivity contribution is 6.01. The predicted octanol–water partition coefficient (Wildman–Crippen LogP) is 0.911. The van der Waals surface area contributed by atoms with Crippen LogP contribution in [0.4, 0.5) is 0 Å². The molecule has 3 atom stereocenters. The smallest absolute Gasteiger partial charge is 0.102 e. The molecule has 0 aromatic carbocycles. The lowest BCUT2D eigenvalue weighted by Gasteiger charge is -2.28. The van der Waals surface area contributed by atoms with Crippen molar-refractivity contribution in [2.24, 2.45) is 35.1 Å². The van der Waals surface area contributed by atoms with Gasteiger partial charge in [-0.3, -0.25) is 10.8 Å². The number of nitrogens with one attached hydrogen (secondary N) is 2. The maximum atomic E-state index is 7.48. The van der Waals surface area contributed by atoms with Crippen LogP contribution in [-0.2, 0) is 0 Å². The highest BCUT2D eigenvalue weighted by atomic mass is 14.8. The molecule has 0 amide bonds. The van der Waals surface area contributed by atoms with Crippen molar-refractivity contribution in [1.82, 2.24) is 0 Å². The molecule has 0 saturated heterocycles. The molecule has 78 valence electrons. The molecule has 3 unspecified atom stereocenters. The first-order chi connectivity index (χ1) is 6.59. The minimum atomic E-state index is -0.287. The lowest BCUT2D eigenvalue weighted by molar-refractivity contribution is 0.310. The van der Waals surface area contributed by atoms with E-state index >= 15 is 0 Å². The summed E-state index contributed by atoms with van der Waals surface area (Å²) in [6, 6.07) is 0. The van der Waals surface area contributed by atoms with Crippen molar-refractivity contribution in [1.29, 1.82) is 10.8 Å². The number of nitrogens with two attached hydrogens (primary N) is 2. The number of fused-ring (bicyclic) bond motifs is 2. The maximum Gasteiger partial charge on any atom is 0.102 e. The van der Waals surface area contributed by atoms with Crippen LogP contribution in [0.3, 0.4) is 0 Å². The van der Waals surface area contributed by atoms with Gasteiger partial charge in [0.1, 0.15) is 11.7 Å². The van der Waals surface area contributed by atoms with E-state index in [1.54, 1.807) is 0 Å². The molecule has 2 fully saturated rings.